The van der Waals surface area contributed by atoms with Gasteiger partial charge in [-0.3, -0.25) is 9.52 Å². The van der Waals surface area contributed by atoms with Gasteiger partial charge in [0.15, 0.2) is 0 Å². The van der Waals surface area contributed by atoms with E-state index in [1.54, 1.807) is 12.1 Å². The molecule has 0 saturated carbocycles. The number of amides is 1. The van der Waals surface area contributed by atoms with E-state index in [9.17, 15) is 21.6 Å². The van der Waals surface area contributed by atoms with Crippen LogP contribution in [0.15, 0.2) is 82.7 Å². The maximum absolute atomic E-state index is 12.8. The van der Waals surface area contributed by atoms with Crippen LogP contribution in [0, 0.1) is 5.92 Å². The van der Waals surface area contributed by atoms with E-state index >= 15 is 0 Å². The summed E-state index contributed by atoms with van der Waals surface area (Å²) in [6, 6.07) is 16.7. The van der Waals surface area contributed by atoms with Gasteiger partial charge in [-0.15, -0.1) is 0 Å². The summed E-state index contributed by atoms with van der Waals surface area (Å²) in [5, 5.41) is 3.24. The number of pyridine rings is 1. The number of carbonyl (C=O) groups excluding carboxylic acids is 1. The monoisotopic (exact) mass is 534 g/mol. The van der Waals surface area contributed by atoms with Crippen molar-refractivity contribution in [2.75, 3.05) is 23.1 Å². The van der Waals surface area contributed by atoms with Crippen LogP contribution in [0.1, 0.15) is 12.8 Å². The van der Waals surface area contributed by atoms with Crippen LogP contribution in [0.5, 0.6) is 0 Å². The third kappa shape index (κ3) is 5.99. The number of carbonyl (C=O) groups is 1. The summed E-state index contributed by atoms with van der Waals surface area (Å²) in [4.78, 5) is 16.9. The molecule has 1 saturated heterocycles. The van der Waals surface area contributed by atoms with E-state index in [0.717, 1.165) is 0 Å². The molecule has 1 aliphatic rings. The Morgan fingerprint density at radius 1 is 0.886 bits per heavy atom. The molecular formula is C23H23ClN4O5S2. The number of anilines is 2. The van der Waals surface area contributed by atoms with Gasteiger partial charge >= 0.3 is 0 Å². The maximum Gasteiger partial charge on any atom is 0.263 e. The first-order valence-electron chi connectivity index (χ1n) is 10.8. The van der Waals surface area contributed by atoms with Crippen LogP contribution in [-0.2, 0) is 24.8 Å². The van der Waals surface area contributed by atoms with Crippen molar-refractivity contribution in [3.05, 3.63) is 77.9 Å². The highest BCUT2D eigenvalue weighted by molar-refractivity contribution is 7.92. The van der Waals surface area contributed by atoms with E-state index in [4.69, 9.17) is 11.6 Å². The summed E-state index contributed by atoms with van der Waals surface area (Å²) < 4.78 is 54.4. The van der Waals surface area contributed by atoms with Gasteiger partial charge in [0.1, 0.15) is 5.82 Å². The van der Waals surface area contributed by atoms with Crippen LogP contribution in [0.25, 0.3) is 0 Å². The number of nitrogens with one attached hydrogen (secondary N) is 2. The first kappa shape index (κ1) is 25.1. The minimum Gasteiger partial charge on any atom is -0.326 e. The normalized spacial score (nSPS) is 15.5. The maximum atomic E-state index is 12.8. The Morgan fingerprint density at radius 3 is 2.11 bits per heavy atom. The summed E-state index contributed by atoms with van der Waals surface area (Å²) in [6.07, 6.45) is 2.23. The van der Waals surface area contributed by atoms with Crippen LogP contribution >= 0.6 is 11.6 Å². The second-order valence-corrected chi connectivity index (χ2v) is 12.0. The van der Waals surface area contributed by atoms with Gasteiger partial charge in [0.2, 0.25) is 15.9 Å². The zero-order chi connectivity index (χ0) is 25.1. The smallest absolute Gasteiger partial charge is 0.263 e. The molecule has 1 aromatic heterocycles. The highest BCUT2D eigenvalue weighted by Crippen LogP contribution is 2.26. The van der Waals surface area contributed by atoms with E-state index in [0.29, 0.717) is 23.6 Å². The lowest BCUT2D eigenvalue weighted by Crippen LogP contribution is -2.41. The SMILES string of the molecule is O=C(Nc1ccc(S(=O)(=O)Nc2ccccn2)cc1)C1CCN(S(=O)(=O)c2ccc(Cl)cc2)CC1. The molecule has 0 radical (unpaired) electrons. The molecule has 35 heavy (non-hydrogen) atoms. The van der Waals surface area contributed by atoms with Crippen LogP contribution in [0.3, 0.4) is 0 Å². The molecule has 3 aromatic rings. The first-order valence-corrected chi connectivity index (χ1v) is 14.1. The predicted molar refractivity (Wildman–Crippen MR) is 133 cm³/mol. The number of nitrogens with zero attached hydrogens (tertiary/aromatic N) is 2. The molecule has 9 nitrogen and oxygen atoms in total. The van der Waals surface area contributed by atoms with Crippen molar-refractivity contribution in [1.29, 1.82) is 0 Å². The van der Waals surface area contributed by atoms with E-state index in [2.05, 4.69) is 15.0 Å². The molecular weight excluding hydrogens is 512 g/mol. The van der Waals surface area contributed by atoms with Gasteiger partial charge in [-0.1, -0.05) is 17.7 Å². The molecule has 2 N–H and O–H groups in total. The molecule has 0 atom stereocenters. The van der Waals surface area contributed by atoms with Crippen molar-refractivity contribution in [3.8, 4) is 0 Å². The molecule has 1 amide bonds. The van der Waals surface area contributed by atoms with E-state index in [1.165, 1.54) is 65.1 Å². The van der Waals surface area contributed by atoms with Crippen molar-refractivity contribution in [3.63, 3.8) is 0 Å². The van der Waals surface area contributed by atoms with Gasteiger partial charge in [0.25, 0.3) is 10.0 Å². The Morgan fingerprint density at radius 2 is 1.51 bits per heavy atom. The highest BCUT2D eigenvalue weighted by atomic mass is 35.5. The van der Waals surface area contributed by atoms with Gasteiger partial charge in [-0.05, 0) is 73.5 Å². The topological polar surface area (TPSA) is 126 Å². The van der Waals surface area contributed by atoms with Crippen molar-refractivity contribution < 1.29 is 21.6 Å². The standard InChI is InChI=1S/C23H23ClN4O5S2/c24-18-4-8-21(9-5-18)35(32,33)28-15-12-17(13-16-28)23(29)26-19-6-10-20(11-7-19)34(30,31)27-22-3-1-2-14-25-22/h1-11,14,17H,12-13,15-16H2,(H,25,27)(H,26,29). The van der Waals surface area contributed by atoms with Crippen molar-refractivity contribution >= 4 is 49.1 Å². The average molecular weight is 535 g/mol. The molecule has 0 unspecified atom stereocenters. The highest BCUT2D eigenvalue weighted by Gasteiger charge is 2.32. The number of halogens is 1. The van der Waals surface area contributed by atoms with Gasteiger partial charge in [0, 0.05) is 35.9 Å². The predicted octanol–water partition coefficient (Wildman–Crippen LogP) is 3.58. The van der Waals surface area contributed by atoms with E-state index in [-0.39, 0.29) is 40.5 Å². The number of aromatic nitrogens is 1. The van der Waals surface area contributed by atoms with Crippen molar-refractivity contribution in [1.82, 2.24) is 9.29 Å². The molecule has 12 heteroatoms. The Kier molecular flexibility index (Phi) is 7.41. The van der Waals surface area contributed by atoms with Gasteiger partial charge in [-0.2, -0.15) is 4.31 Å². The molecule has 1 aliphatic heterocycles. The largest absolute Gasteiger partial charge is 0.326 e. The first-order chi connectivity index (χ1) is 16.6. The summed E-state index contributed by atoms with van der Waals surface area (Å²) in [5.41, 5.74) is 0.447. The Balaban J connectivity index is 1.34. The lowest BCUT2D eigenvalue weighted by Gasteiger charge is -2.30. The average Bonchev–Trinajstić information content (AvgIpc) is 2.85. The molecule has 1 fully saturated rings. The fourth-order valence-corrected chi connectivity index (χ4v) is 6.30. The van der Waals surface area contributed by atoms with Crippen LogP contribution in [0.2, 0.25) is 5.02 Å². The number of sulfonamides is 2. The van der Waals surface area contributed by atoms with E-state index < -0.39 is 20.0 Å². The van der Waals surface area contributed by atoms with Crippen LogP contribution in [-0.4, -0.2) is 45.1 Å². The third-order valence-electron chi connectivity index (χ3n) is 5.61. The molecule has 2 heterocycles. The van der Waals surface area contributed by atoms with Crippen molar-refractivity contribution in [2.24, 2.45) is 5.92 Å². The summed E-state index contributed by atoms with van der Waals surface area (Å²) >= 11 is 5.84. The zero-order valence-corrected chi connectivity index (χ0v) is 20.9. The number of hydrogen-bond acceptors (Lipinski definition) is 6. The summed E-state index contributed by atoms with van der Waals surface area (Å²) in [6.45, 7) is 0.443. The number of piperidine rings is 1. The molecule has 0 bridgehead atoms. The van der Waals surface area contributed by atoms with Crippen LogP contribution in [0.4, 0.5) is 11.5 Å². The van der Waals surface area contributed by atoms with Gasteiger partial charge < -0.3 is 5.32 Å². The Hall–Kier alpha value is -2.99. The number of hydrogen-bond donors (Lipinski definition) is 2. The Bertz CT molecular complexity index is 1390. The van der Waals surface area contributed by atoms with Crippen LogP contribution < -0.4 is 10.0 Å². The lowest BCUT2D eigenvalue weighted by atomic mass is 9.97. The third-order valence-corrected chi connectivity index (χ3v) is 9.15. The Labute approximate surface area is 209 Å². The molecule has 0 aliphatic carbocycles. The summed E-state index contributed by atoms with van der Waals surface area (Å²) in [7, 11) is -7.47. The van der Waals surface area contributed by atoms with Crippen molar-refractivity contribution in [2.45, 2.75) is 22.6 Å². The second-order valence-electron chi connectivity index (χ2n) is 7.97. The minimum atomic E-state index is -3.82. The molecule has 4 rings (SSSR count). The molecule has 0 spiro atoms. The fourth-order valence-electron chi connectivity index (χ4n) is 3.70. The fraction of sp³-hybridized carbons (Fsp3) is 0.217. The summed E-state index contributed by atoms with van der Waals surface area (Å²) in [5.74, 6) is -0.397. The quantitative estimate of drug-likeness (QED) is 0.477. The van der Waals surface area contributed by atoms with E-state index in [1.807, 2.05) is 0 Å². The zero-order valence-electron chi connectivity index (χ0n) is 18.5. The minimum absolute atomic E-state index is 0.0295. The number of rotatable bonds is 7. The number of benzene rings is 2. The molecule has 2 aromatic carbocycles. The van der Waals surface area contributed by atoms with Gasteiger partial charge in [-0.25, -0.2) is 21.8 Å². The lowest BCUT2D eigenvalue weighted by molar-refractivity contribution is -0.120. The van der Waals surface area contributed by atoms with Gasteiger partial charge in [0.05, 0.1) is 9.79 Å². The molecule has 184 valence electrons. The second kappa shape index (κ2) is 10.3.